The molecular weight excluding hydrogens is 368 g/mol. The number of carbonyl (C=O) groups is 2. The average Bonchev–Trinajstić information content (AvgIpc) is 2.79. The van der Waals surface area contributed by atoms with E-state index in [-0.39, 0.29) is 11.8 Å². The topological polar surface area (TPSA) is 94.8 Å². The first kappa shape index (κ1) is 19.2. The van der Waals surface area contributed by atoms with E-state index in [2.05, 4.69) is 15.2 Å². The molecule has 0 saturated carbocycles. The first-order chi connectivity index (χ1) is 14.1. The van der Waals surface area contributed by atoms with Gasteiger partial charge in [-0.05, 0) is 30.3 Å². The summed E-state index contributed by atoms with van der Waals surface area (Å²) in [6.07, 6.45) is 3.26. The van der Waals surface area contributed by atoms with Gasteiger partial charge in [-0.3, -0.25) is 14.6 Å². The number of anilines is 2. The Morgan fingerprint density at radius 3 is 2.10 bits per heavy atom. The fourth-order valence-electron chi connectivity index (χ4n) is 3.85. The van der Waals surface area contributed by atoms with Crippen molar-refractivity contribution >= 4 is 23.2 Å². The van der Waals surface area contributed by atoms with Gasteiger partial charge in [0.2, 0.25) is 0 Å². The van der Waals surface area contributed by atoms with Gasteiger partial charge < -0.3 is 25.8 Å². The average molecular weight is 394 g/mol. The Balaban J connectivity index is 1.39. The third kappa shape index (κ3) is 4.17. The SMILES string of the molecule is Nc1cc(C(=O)N2CCNCC2)ccc1N1CCN(C(=O)c2ccncc2)CC1. The summed E-state index contributed by atoms with van der Waals surface area (Å²) in [6.45, 7) is 5.73. The number of hydrogen-bond donors (Lipinski definition) is 2. The molecule has 0 atom stereocenters. The summed E-state index contributed by atoms with van der Waals surface area (Å²) in [5, 5.41) is 3.25. The second kappa shape index (κ2) is 8.48. The highest BCUT2D eigenvalue weighted by atomic mass is 16.2. The molecule has 0 unspecified atom stereocenters. The molecule has 152 valence electrons. The number of amides is 2. The highest BCUT2D eigenvalue weighted by molar-refractivity contribution is 5.96. The Kier molecular flexibility index (Phi) is 5.62. The number of piperazine rings is 2. The maximum Gasteiger partial charge on any atom is 0.254 e. The number of nitrogens with two attached hydrogens (primary N) is 1. The lowest BCUT2D eigenvalue weighted by Gasteiger charge is -2.36. The van der Waals surface area contributed by atoms with Crippen molar-refractivity contribution in [1.82, 2.24) is 20.1 Å². The van der Waals surface area contributed by atoms with E-state index < -0.39 is 0 Å². The molecule has 0 bridgehead atoms. The number of nitrogens with zero attached hydrogens (tertiary/aromatic N) is 4. The molecule has 4 rings (SSSR count). The molecule has 8 nitrogen and oxygen atoms in total. The van der Waals surface area contributed by atoms with Crippen LogP contribution in [0.1, 0.15) is 20.7 Å². The minimum absolute atomic E-state index is 0.0250. The molecule has 2 saturated heterocycles. The summed E-state index contributed by atoms with van der Waals surface area (Å²) in [5.74, 6) is 0.0505. The van der Waals surface area contributed by atoms with Gasteiger partial charge in [-0.2, -0.15) is 0 Å². The molecule has 2 aromatic rings. The van der Waals surface area contributed by atoms with Crippen LogP contribution in [0, 0.1) is 0 Å². The van der Waals surface area contributed by atoms with Crippen molar-refractivity contribution in [3.63, 3.8) is 0 Å². The molecular formula is C21H26N6O2. The maximum atomic E-state index is 12.7. The number of rotatable bonds is 3. The summed E-state index contributed by atoms with van der Waals surface area (Å²) < 4.78 is 0. The number of carbonyl (C=O) groups excluding carboxylic acids is 2. The van der Waals surface area contributed by atoms with Crippen molar-refractivity contribution in [2.45, 2.75) is 0 Å². The molecule has 2 aliphatic rings. The predicted octanol–water partition coefficient (Wildman–Crippen LogP) is 0.672. The highest BCUT2D eigenvalue weighted by Crippen LogP contribution is 2.26. The van der Waals surface area contributed by atoms with Gasteiger partial charge in [0.1, 0.15) is 0 Å². The lowest BCUT2D eigenvalue weighted by atomic mass is 10.1. The lowest BCUT2D eigenvalue weighted by Crippen LogP contribution is -2.49. The van der Waals surface area contributed by atoms with Gasteiger partial charge in [0.05, 0.1) is 11.4 Å². The van der Waals surface area contributed by atoms with Crippen molar-refractivity contribution in [3.8, 4) is 0 Å². The van der Waals surface area contributed by atoms with Crippen molar-refractivity contribution in [2.75, 3.05) is 63.0 Å². The van der Waals surface area contributed by atoms with Crippen LogP contribution < -0.4 is 16.0 Å². The Bertz CT molecular complexity index is 874. The zero-order chi connectivity index (χ0) is 20.2. The summed E-state index contributed by atoms with van der Waals surface area (Å²) in [5.41, 5.74) is 9.09. The zero-order valence-electron chi connectivity index (χ0n) is 16.4. The molecule has 3 N–H and O–H groups in total. The van der Waals surface area contributed by atoms with Crippen LogP contribution in [0.15, 0.2) is 42.7 Å². The van der Waals surface area contributed by atoms with Gasteiger partial charge in [0.15, 0.2) is 0 Å². The van der Waals surface area contributed by atoms with Crippen molar-refractivity contribution in [2.24, 2.45) is 0 Å². The third-order valence-corrected chi connectivity index (χ3v) is 5.51. The molecule has 0 aliphatic carbocycles. The third-order valence-electron chi connectivity index (χ3n) is 5.51. The number of pyridine rings is 1. The number of nitrogen functional groups attached to an aromatic ring is 1. The first-order valence-corrected chi connectivity index (χ1v) is 9.97. The molecule has 8 heteroatoms. The van der Waals surface area contributed by atoms with Crippen LogP contribution in [0.4, 0.5) is 11.4 Å². The monoisotopic (exact) mass is 394 g/mol. The summed E-state index contributed by atoms with van der Waals surface area (Å²) in [6, 6.07) is 9.02. The summed E-state index contributed by atoms with van der Waals surface area (Å²) in [7, 11) is 0. The molecule has 0 radical (unpaired) electrons. The molecule has 2 fully saturated rings. The van der Waals surface area contributed by atoms with Gasteiger partial charge in [-0.15, -0.1) is 0 Å². The van der Waals surface area contributed by atoms with E-state index in [1.54, 1.807) is 30.6 Å². The molecule has 1 aromatic heterocycles. The first-order valence-electron chi connectivity index (χ1n) is 9.97. The zero-order valence-corrected chi connectivity index (χ0v) is 16.4. The number of benzene rings is 1. The summed E-state index contributed by atoms with van der Waals surface area (Å²) in [4.78, 5) is 35.1. The Morgan fingerprint density at radius 1 is 0.828 bits per heavy atom. The van der Waals surface area contributed by atoms with E-state index in [0.717, 1.165) is 18.8 Å². The van der Waals surface area contributed by atoms with E-state index in [9.17, 15) is 9.59 Å². The van der Waals surface area contributed by atoms with Gasteiger partial charge in [-0.1, -0.05) is 0 Å². The maximum absolute atomic E-state index is 12.7. The highest BCUT2D eigenvalue weighted by Gasteiger charge is 2.24. The van der Waals surface area contributed by atoms with E-state index in [1.165, 1.54) is 0 Å². The second-order valence-electron chi connectivity index (χ2n) is 7.33. The number of aromatic nitrogens is 1. The van der Waals surface area contributed by atoms with Gasteiger partial charge >= 0.3 is 0 Å². The van der Waals surface area contributed by atoms with E-state index in [0.29, 0.717) is 56.1 Å². The Hall–Kier alpha value is -3.13. The largest absolute Gasteiger partial charge is 0.397 e. The normalized spacial score (nSPS) is 17.3. The minimum atomic E-state index is 0.0250. The number of hydrogen-bond acceptors (Lipinski definition) is 6. The Labute approximate surface area is 170 Å². The van der Waals surface area contributed by atoms with E-state index in [4.69, 9.17) is 5.73 Å². The summed E-state index contributed by atoms with van der Waals surface area (Å²) >= 11 is 0. The lowest BCUT2D eigenvalue weighted by molar-refractivity contribution is 0.0731. The molecule has 2 aliphatic heterocycles. The van der Waals surface area contributed by atoms with Crippen LogP contribution >= 0.6 is 0 Å². The van der Waals surface area contributed by atoms with Crippen LogP contribution in [-0.2, 0) is 0 Å². The fraction of sp³-hybridized carbons (Fsp3) is 0.381. The minimum Gasteiger partial charge on any atom is -0.397 e. The fourth-order valence-corrected chi connectivity index (χ4v) is 3.85. The predicted molar refractivity (Wildman–Crippen MR) is 112 cm³/mol. The van der Waals surface area contributed by atoms with Crippen LogP contribution in [-0.4, -0.2) is 79.0 Å². The van der Waals surface area contributed by atoms with Crippen LogP contribution in [0.5, 0.6) is 0 Å². The standard InChI is InChI=1S/C21H26N6O2/c22-18-15-17(21(29)26-9-7-24-8-10-26)1-2-19(18)25-11-13-27(14-12-25)20(28)16-3-5-23-6-4-16/h1-6,15,24H,7-14,22H2. The van der Waals surface area contributed by atoms with Gasteiger partial charge in [0, 0.05) is 75.9 Å². The molecule has 29 heavy (non-hydrogen) atoms. The molecule has 0 spiro atoms. The van der Waals surface area contributed by atoms with E-state index in [1.807, 2.05) is 21.9 Å². The second-order valence-corrected chi connectivity index (χ2v) is 7.33. The quantitative estimate of drug-likeness (QED) is 0.743. The molecule has 3 heterocycles. The number of nitrogens with one attached hydrogen (secondary N) is 1. The molecule has 2 amide bonds. The van der Waals surface area contributed by atoms with Crippen LogP contribution in [0.2, 0.25) is 0 Å². The van der Waals surface area contributed by atoms with Gasteiger partial charge in [0.25, 0.3) is 11.8 Å². The van der Waals surface area contributed by atoms with Crippen LogP contribution in [0.3, 0.4) is 0 Å². The van der Waals surface area contributed by atoms with Crippen LogP contribution in [0.25, 0.3) is 0 Å². The van der Waals surface area contributed by atoms with Crippen molar-refractivity contribution in [3.05, 3.63) is 53.9 Å². The Morgan fingerprint density at radius 2 is 1.45 bits per heavy atom. The van der Waals surface area contributed by atoms with Gasteiger partial charge in [-0.25, -0.2) is 0 Å². The molecule has 1 aromatic carbocycles. The van der Waals surface area contributed by atoms with Crippen molar-refractivity contribution in [1.29, 1.82) is 0 Å². The smallest absolute Gasteiger partial charge is 0.254 e. The van der Waals surface area contributed by atoms with E-state index >= 15 is 0 Å². The van der Waals surface area contributed by atoms with Crippen molar-refractivity contribution < 1.29 is 9.59 Å².